The normalized spacial score (nSPS) is 25.2. The van der Waals surface area contributed by atoms with Crippen molar-refractivity contribution in [1.82, 2.24) is 16.0 Å². The number of alkyl halides is 3. The van der Waals surface area contributed by atoms with Crippen molar-refractivity contribution < 1.29 is 61.1 Å². The average molecular weight is 640 g/mol. The highest BCUT2D eigenvalue weighted by atomic mass is 19.4. The number of aliphatic hydroxyl groups excluding tert-OH is 1. The van der Waals surface area contributed by atoms with Crippen molar-refractivity contribution >= 4 is 23.9 Å². The zero-order chi connectivity index (χ0) is 32.6. The van der Waals surface area contributed by atoms with Gasteiger partial charge >= 0.3 is 24.1 Å². The zero-order valence-electron chi connectivity index (χ0n) is 23.9. The van der Waals surface area contributed by atoms with Crippen molar-refractivity contribution in [2.45, 2.75) is 75.6 Å². The minimum Gasteiger partial charge on any atom is -0.459 e. The second-order valence-electron chi connectivity index (χ2n) is 10.2. The largest absolute Gasteiger partial charge is 0.471 e. The van der Waals surface area contributed by atoms with E-state index in [9.17, 15) is 37.5 Å². The van der Waals surface area contributed by atoms with Crippen molar-refractivity contribution in [3.05, 3.63) is 71.8 Å². The number of rotatable bonds is 10. The molecule has 0 saturated carbocycles. The Morgan fingerprint density at radius 2 is 1.53 bits per heavy atom. The number of halogens is 3. The van der Waals surface area contributed by atoms with Gasteiger partial charge in [0.15, 0.2) is 12.5 Å². The Balaban J connectivity index is 1.46. The number of carbonyl (C=O) groups excluding carboxylic acids is 4. The minimum atomic E-state index is -5.31. The fourth-order valence-corrected chi connectivity index (χ4v) is 4.60. The van der Waals surface area contributed by atoms with Gasteiger partial charge in [0.05, 0.1) is 13.0 Å². The molecule has 0 bridgehead atoms. The van der Waals surface area contributed by atoms with Crippen LogP contribution in [0.2, 0.25) is 0 Å². The highest BCUT2D eigenvalue weighted by molar-refractivity contribution is 5.88. The Morgan fingerprint density at radius 1 is 0.933 bits per heavy atom. The standard InChI is InChI=1S/C29H32F3N3O10/c1-16-41-15-20-24(44-16)23(37)22(35-27(39)29(30,31)32)25(45-20)34-21(36)12-19(26(38)42-13-17-8-4-2-5-9-17)33-28(40)43-14-18-10-6-3-7-11-18/h2-11,16,19-20,22-25,37H,12-15H2,1H3,(H,33,40)(H,34,36)(H,35,39)/t16-,19+,20-,22-,23-,24-,25-/m1/s1. The fourth-order valence-electron chi connectivity index (χ4n) is 4.60. The van der Waals surface area contributed by atoms with Gasteiger partial charge in [-0.15, -0.1) is 0 Å². The third-order valence-electron chi connectivity index (χ3n) is 6.82. The SMILES string of the molecule is C[C@@H]1OC[C@H]2O[C@@H](NC(=O)C[C@H](NC(=O)OCc3ccccc3)C(=O)OCc3ccccc3)[C@H](NC(=O)C(F)(F)F)[C@@H](O)[C@@H]2O1. The van der Waals surface area contributed by atoms with Crippen LogP contribution in [-0.2, 0) is 51.3 Å². The molecule has 0 aliphatic carbocycles. The van der Waals surface area contributed by atoms with Crippen LogP contribution in [0.5, 0.6) is 0 Å². The van der Waals surface area contributed by atoms with Crippen LogP contribution in [0.15, 0.2) is 60.7 Å². The molecule has 2 saturated heterocycles. The highest BCUT2D eigenvalue weighted by Crippen LogP contribution is 2.28. The number of ether oxygens (including phenoxy) is 5. The lowest BCUT2D eigenvalue weighted by Crippen LogP contribution is -2.71. The summed E-state index contributed by atoms with van der Waals surface area (Å²) in [6.45, 7) is 1.02. The van der Waals surface area contributed by atoms with Gasteiger partial charge in [-0.1, -0.05) is 60.7 Å². The molecule has 4 N–H and O–H groups in total. The van der Waals surface area contributed by atoms with Crippen LogP contribution in [0.4, 0.5) is 18.0 Å². The molecule has 2 aliphatic heterocycles. The molecule has 0 radical (unpaired) electrons. The summed E-state index contributed by atoms with van der Waals surface area (Å²) >= 11 is 0. The quantitative estimate of drug-likeness (QED) is 0.279. The van der Waals surface area contributed by atoms with Gasteiger partial charge in [-0.2, -0.15) is 13.2 Å². The first-order chi connectivity index (χ1) is 21.4. The molecule has 0 spiro atoms. The predicted octanol–water partition coefficient (Wildman–Crippen LogP) is 1.43. The van der Waals surface area contributed by atoms with Crippen molar-refractivity contribution in [2.75, 3.05) is 6.61 Å². The maximum Gasteiger partial charge on any atom is 0.471 e. The van der Waals surface area contributed by atoms with Crippen molar-refractivity contribution in [3.8, 4) is 0 Å². The summed E-state index contributed by atoms with van der Waals surface area (Å²) in [6.07, 6.45) is -13.7. The molecule has 0 unspecified atom stereocenters. The van der Waals surface area contributed by atoms with Crippen LogP contribution < -0.4 is 16.0 Å². The number of hydrogen-bond acceptors (Lipinski definition) is 10. The molecule has 2 aromatic carbocycles. The van der Waals surface area contributed by atoms with Gasteiger partial charge in [-0.05, 0) is 18.1 Å². The van der Waals surface area contributed by atoms with Gasteiger partial charge in [-0.3, -0.25) is 9.59 Å². The van der Waals surface area contributed by atoms with Crippen molar-refractivity contribution in [3.63, 3.8) is 0 Å². The van der Waals surface area contributed by atoms with E-state index in [-0.39, 0.29) is 19.8 Å². The van der Waals surface area contributed by atoms with Crippen LogP contribution in [-0.4, -0.2) is 84.7 Å². The fraction of sp³-hybridized carbons (Fsp3) is 0.448. The molecule has 3 amide bonds. The van der Waals surface area contributed by atoms with Crippen LogP contribution in [0.3, 0.4) is 0 Å². The average Bonchev–Trinajstić information content (AvgIpc) is 3.01. The van der Waals surface area contributed by atoms with Crippen LogP contribution >= 0.6 is 0 Å². The topological polar surface area (TPSA) is 171 Å². The Labute approximate surface area is 255 Å². The molecule has 2 heterocycles. The summed E-state index contributed by atoms with van der Waals surface area (Å²) in [4.78, 5) is 50.5. The highest BCUT2D eigenvalue weighted by Gasteiger charge is 2.52. The van der Waals surface area contributed by atoms with Gasteiger partial charge in [0.25, 0.3) is 0 Å². The lowest BCUT2D eigenvalue weighted by Gasteiger charge is -2.47. The molecule has 16 heteroatoms. The zero-order valence-corrected chi connectivity index (χ0v) is 23.9. The number of nitrogens with one attached hydrogen (secondary N) is 3. The minimum absolute atomic E-state index is 0.140. The van der Waals surface area contributed by atoms with E-state index in [4.69, 9.17) is 23.7 Å². The Bertz CT molecular complexity index is 1320. The first-order valence-electron chi connectivity index (χ1n) is 13.9. The number of esters is 1. The summed E-state index contributed by atoms with van der Waals surface area (Å²) < 4.78 is 66.1. The third kappa shape index (κ3) is 9.62. The Morgan fingerprint density at radius 3 is 2.13 bits per heavy atom. The van der Waals surface area contributed by atoms with E-state index in [0.717, 1.165) is 0 Å². The first kappa shape index (κ1) is 33.6. The molecule has 4 rings (SSSR count). The first-order valence-corrected chi connectivity index (χ1v) is 13.9. The number of fused-ring (bicyclic) bond motifs is 1. The van der Waals surface area contributed by atoms with E-state index in [1.54, 1.807) is 66.0 Å². The summed E-state index contributed by atoms with van der Waals surface area (Å²) in [7, 11) is 0. The predicted molar refractivity (Wildman–Crippen MR) is 145 cm³/mol. The van der Waals surface area contributed by atoms with E-state index in [2.05, 4.69) is 10.6 Å². The third-order valence-corrected chi connectivity index (χ3v) is 6.82. The molecule has 13 nitrogen and oxygen atoms in total. The summed E-state index contributed by atoms with van der Waals surface area (Å²) in [5.74, 6) is -4.41. The molecule has 2 aromatic rings. The van der Waals surface area contributed by atoms with Gasteiger partial charge in [0.2, 0.25) is 5.91 Å². The van der Waals surface area contributed by atoms with Crippen LogP contribution in [0.25, 0.3) is 0 Å². The summed E-state index contributed by atoms with van der Waals surface area (Å²) in [5, 5.41) is 17.0. The van der Waals surface area contributed by atoms with Gasteiger partial charge in [0.1, 0.15) is 43.6 Å². The van der Waals surface area contributed by atoms with E-state index in [0.29, 0.717) is 11.1 Å². The molecule has 244 valence electrons. The maximum absolute atomic E-state index is 13.1. The number of carbonyl (C=O) groups is 4. The summed E-state index contributed by atoms with van der Waals surface area (Å²) in [5.41, 5.74) is 1.27. The molecular formula is C29H32F3N3O10. The van der Waals surface area contributed by atoms with Gasteiger partial charge in [-0.25, -0.2) is 9.59 Å². The lowest BCUT2D eigenvalue weighted by atomic mass is 9.94. The van der Waals surface area contributed by atoms with E-state index in [1.165, 1.54) is 6.92 Å². The van der Waals surface area contributed by atoms with Gasteiger partial charge in [0, 0.05) is 0 Å². The molecular weight excluding hydrogens is 607 g/mol. The van der Waals surface area contributed by atoms with E-state index < -0.39 is 79.4 Å². The lowest BCUT2D eigenvalue weighted by molar-refractivity contribution is -0.308. The van der Waals surface area contributed by atoms with Gasteiger partial charge < -0.3 is 44.7 Å². The molecule has 2 aliphatic rings. The summed E-state index contributed by atoms with van der Waals surface area (Å²) in [6, 6.07) is 13.8. The Kier molecular flexibility index (Phi) is 11.3. The number of hydrogen-bond donors (Lipinski definition) is 4. The van der Waals surface area contributed by atoms with Crippen LogP contribution in [0, 0.1) is 0 Å². The second-order valence-corrected chi connectivity index (χ2v) is 10.2. The molecule has 7 atom stereocenters. The number of amides is 3. The maximum atomic E-state index is 13.1. The van der Waals surface area contributed by atoms with E-state index in [1.807, 2.05) is 0 Å². The molecule has 0 aromatic heterocycles. The molecule has 2 fully saturated rings. The monoisotopic (exact) mass is 639 g/mol. The second kappa shape index (κ2) is 15.2. The number of aliphatic hydroxyl groups is 1. The van der Waals surface area contributed by atoms with E-state index >= 15 is 0 Å². The molecule has 45 heavy (non-hydrogen) atoms. The smallest absolute Gasteiger partial charge is 0.459 e. The van der Waals surface area contributed by atoms with Crippen LogP contribution in [0.1, 0.15) is 24.5 Å². The number of benzene rings is 2. The van der Waals surface area contributed by atoms with Crippen molar-refractivity contribution in [1.29, 1.82) is 0 Å². The van der Waals surface area contributed by atoms with Crippen molar-refractivity contribution in [2.24, 2.45) is 0 Å². The number of alkyl carbamates (subject to hydrolysis) is 1. The Hall–Kier alpha value is -4.25.